The molecule has 1 saturated carbocycles. The first kappa shape index (κ1) is 13.8. The van der Waals surface area contributed by atoms with Gasteiger partial charge in [0.15, 0.2) is 0 Å². The van der Waals surface area contributed by atoms with E-state index < -0.39 is 12.2 Å². The van der Waals surface area contributed by atoms with Crippen LogP contribution in [0.5, 0.6) is 0 Å². The SMILES string of the molecule is CC(C)[C@@H]1CC[C@]2(C)O[C@H]2[C@H](O)C[C@]2(C)O[C@H]2[C@@H]1O. The lowest BCUT2D eigenvalue weighted by molar-refractivity contribution is 0.0459. The molecule has 3 rings (SSSR count). The van der Waals surface area contributed by atoms with Gasteiger partial charge in [0, 0.05) is 6.42 Å². The zero-order chi connectivity index (χ0) is 14.0. The van der Waals surface area contributed by atoms with Crippen molar-refractivity contribution in [3.8, 4) is 0 Å². The van der Waals surface area contributed by atoms with Crippen molar-refractivity contribution in [3.05, 3.63) is 0 Å². The normalized spacial score (nSPS) is 57.3. The van der Waals surface area contributed by atoms with Gasteiger partial charge >= 0.3 is 0 Å². The van der Waals surface area contributed by atoms with Crippen LogP contribution in [0.1, 0.15) is 47.0 Å². The molecule has 2 N–H and O–H groups in total. The van der Waals surface area contributed by atoms with E-state index in [0.29, 0.717) is 12.3 Å². The third-order valence-corrected chi connectivity index (χ3v) is 5.42. The second-order valence-corrected chi connectivity index (χ2v) is 7.41. The molecule has 110 valence electrons. The Labute approximate surface area is 115 Å². The van der Waals surface area contributed by atoms with Gasteiger partial charge in [0.25, 0.3) is 0 Å². The van der Waals surface area contributed by atoms with Crippen LogP contribution in [-0.4, -0.2) is 45.8 Å². The second-order valence-electron chi connectivity index (χ2n) is 7.41. The lowest BCUT2D eigenvalue weighted by atomic mass is 9.78. The third-order valence-electron chi connectivity index (χ3n) is 5.42. The van der Waals surface area contributed by atoms with Crippen molar-refractivity contribution in [3.63, 3.8) is 0 Å². The Morgan fingerprint density at radius 3 is 2.32 bits per heavy atom. The Morgan fingerprint density at radius 1 is 1.05 bits per heavy atom. The third kappa shape index (κ3) is 2.23. The average Bonchev–Trinajstić information content (AvgIpc) is 3.14. The van der Waals surface area contributed by atoms with E-state index in [1.165, 1.54) is 0 Å². The van der Waals surface area contributed by atoms with Crippen molar-refractivity contribution in [2.45, 2.75) is 82.6 Å². The lowest BCUT2D eigenvalue weighted by Crippen LogP contribution is -2.38. The molecule has 0 aromatic rings. The van der Waals surface area contributed by atoms with Crippen LogP contribution in [0.15, 0.2) is 0 Å². The van der Waals surface area contributed by atoms with E-state index in [1.807, 2.05) is 6.92 Å². The molecule has 2 saturated heterocycles. The summed E-state index contributed by atoms with van der Waals surface area (Å²) in [5.41, 5.74) is -0.583. The van der Waals surface area contributed by atoms with Gasteiger partial charge in [0.2, 0.25) is 0 Å². The Hall–Kier alpha value is -0.160. The molecule has 2 heterocycles. The number of hydrogen-bond acceptors (Lipinski definition) is 4. The van der Waals surface area contributed by atoms with Gasteiger partial charge < -0.3 is 19.7 Å². The molecule has 0 aromatic carbocycles. The molecule has 4 heteroatoms. The first-order valence-corrected chi connectivity index (χ1v) is 7.49. The first-order valence-electron chi connectivity index (χ1n) is 7.49. The molecular weight excluding hydrogens is 244 g/mol. The van der Waals surface area contributed by atoms with Gasteiger partial charge in [0.1, 0.15) is 12.2 Å². The highest BCUT2D eigenvalue weighted by Gasteiger charge is 2.64. The predicted octanol–water partition coefficient (Wildman–Crippen LogP) is 1.48. The predicted molar refractivity (Wildman–Crippen MR) is 70.7 cm³/mol. The molecule has 3 aliphatic rings. The molecule has 0 unspecified atom stereocenters. The van der Waals surface area contributed by atoms with Gasteiger partial charge in [-0.2, -0.15) is 0 Å². The number of rotatable bonds is 1. The van der Waals surface area contributed by atoms with Crippen molar-refractivity contribution in [2.24, 2.45) is 11.8 Å². The molecule has 1 aliphatic carbocycles. The highest BCUT2D eigenvalue weighted by Crippen LogP contribution is 2.52. The maximum Gasteiger partial charge on any atom is 0.113 e. The first-order chi connectivity index (χ1) is 8.77. The quantitative estimate of drug-likeness (QED) is 0.708. The van der Waals surface area contributed by atoms with Crippen LogP contribution < -0.4 is 0 Å². The standard InChI is InChI=1S/C15H26O4/c1-8(2)9-5-6-14(3)12(18-14)10(16)7-15(4)13(19-15)11(9)17/h8-13,16-17H,5-7H2,1-4H3/t9-,10+,11+,12-,13-,14-,15-/m0/s1. The van der Waals surface area contributed by atoms with E-state index in [4.69, 9.17) is 9.47 Å². The summed E-state index contributed by atoms with van der Waals surface area (Å²) in [6, 6.07) is 0. The molecule has 0 amide bonds. The molecule has 0 radical (unpaired) electrons. The number of hydrogen-bond donors (Lipinski definition) is 2. The van der Waals surface area contributed by atoms with Gasteiger partial charge in [-0.15, -0.1) is 0 Å². The molecule has 3 fully saturated rings. The van der Waals surface area contributed by atoms with Crippen LogP contribution >= 0.6 is 0 Å². The van der Waals surface area contributed by atoms with Gasteiger partial charge in [-0.05, 0) is 38.5 Å². The summed E-state index contributed by atoms with van der Waals surface area (Å²) in [5.74, 6) is 0.664. The summed E-state index contributed by atoms with van der Waals surface area (Å²) in [6.07, 6.45) is 1.28. The summed E-state index contributed by atoms with van der Waals surface area (Å²) < 4.78 is 11.5. The Bertz CT molecular complexity index is 371. The summed E-state index contributed by atoms with van der Waals surface area (Å²) in [6.45, 7) is 8.37. The molecule has 0 bridgehead atoms. The monoisotopic (exact) mass is 270 g/mol. The van der Waals surface area contributed by atoms with Crippen molar-refractivity contribution < 1.29 is 19.7 Å². The van der Waals surface area contributed by atoms with E-state index in [9.17, 15) is 10.2 Å². The largest absolute Gasteiger partial charge is 0.390 e. The highest BCUT2D eigenvalue weighted by molar-refractivity contribution is 5.12. The average molecular weight is 270 g/mol. The number of ether oxygens (including phenoxy) is 2. The Balaban J connectivity index is 1.81. The van der Waals surface area contributed by atoms with E-state index in [1.54, 1.807) is 0 Å². The highest BCUT2D eigenvalue weighted by atomic mass is 16.6. The van der Waals surface area contributed by atoms with Crippen LogP contribution in [0, 0.1) is 11.8 Å². The van der Waals surface area contributed by atoms with E-state index in [-0.39, 0.29) is 29.3 Å². The van der Waals surface area contributed by atoms with Crippen molar-refractivity contribution in [2.75, 3.05) is 0 Å². The van der Waals surface area contributed by atoms with Gasteiger partial charge in [0.05, 0.1) is 23.4 Å². The number of epoxide rings is 2. The smallest absolute Gasteiger partial charge is 0.113 e. The van der Waals surface area contributed by atoms with Crippen LogP contribution in [0.3, 0.4) is 0 Å². The Kier molecular flexibility index (Phi) is 3.03. The van der Waals surface area contributed by atoms with Gasteiger partial charge in [-0.1, -0.05) is 13.8 Å². The Morgan fingerprint density at radius 2 is 1.68 bits per heavy atom. The number of aliphatic hydroxyl groups excluding tert-OH is 2. The fourth-order valence-electron chi connectivity index (χ4n) is 3.89. The molecule has 19 heavy (non-hydrogen) atoms. The van der Waals surface area contributed by atoms with Crippen LogP contribution in [0.4, 0.5) is 0 Å². The van der Waals surface area contributed by atoms with Crippen molar-refractivity contribution in [1.82, 2.24) is 0 Å². The van der Waals surface area contributed by atoms with Gasteiger partial charge in [-0.25, -0.2) is 0 Å². The van der Waals surface area contributed by atoms with E-state index >= 15 is 0 Å². The summed E-state index contributed by atoms with van der Waals surface area (Å²) >= 11 is 0. The maximum absolute atomic E-state index is 10.6. The van der Waals surface area contributed by atoms with Crippen LogP contribution in [-0.2, 0) is 9.47 Å². The van der Waals surface area contributed by atoms with E-state index in [0.717, 1.165) is 12.8 Å². The summed E-state index contributed by atoms with van der Waals surface area (Å²) in [7, 11) is 0. The molecule has 7 atom stereocenters. The van der Waals surface area contributed by atoms with Crippen LogP contribution in [0.2, 0.25) is 0 Å². The fraction of sp³-hybridized carbons (Fsp3) is 1.00. The molecule has 0 aromatic heterocycles. The lowest BCUT2D eigenvalue weighted by Gasteiger charge is -2.28. The molecular formula is C15H26O4. The fourth-order valence-corrected chi connectivity index (χ4v) is 3.89. The molecule has 2 aliphatic heterocycles. The second kappa shape index (κ2) is 4.17. The minimum Gasteiger partial charge on any atom is -0.390 e. The van der Waals surface area contributed by atoms with E-state index in [2.05, 4.69) is 20.8 Å². The summed E-state index contributed by atoms with van der Waals surface area (Å²) in [4.78, 5) is 0. The summed E-state index contributed by atoms with van der Waals surface area (Å²) in [5, 5.41) is 20.8. The minimum absolute atomic E-state index is 0.0581. The number of aliphatic hydroxyl groups is 2. The molecule has 0 spiro atoms. The number of fused-ring (bicyclic) bond motifs is 2. The topological polar surface area (TPSA) is 65.5 Å². The van der Waals surface area contributed by atoms with Gasteiger partial charge in [-0.3, -0.25) is 0 Å². The maximum atomic E-state index is 10.6. The van der Waals surface area contributed by atoms with Crippen LogP contribution in [0.25, 0.3) is 0 Å². The van der Waals surface area contributed by atoms with Crippen molar-refractivity contribution in [1.29, 1.82) is 0 Å². The molecule has 4 nitrogen and oxygen atoms in total. The minimum atomic E-state index is -0.484. The van der Waals surface area contributed by atoms with Crippen molar-refractivity contribution >= 4 is 0 Å². The zero-order valence-electron chi connectivity index (χ0n) is 12.3. The zero-order valence-corrected chi connectivity index (χ0v) is 12.3.